The predicted molar refractivity (Wildman–Crippen MR) is 55.2 cm³/mol. The summed E-state index contributed by atoms with van der Waals surface area (Å²) in [7, 11) is 0. The average Bonchev–Trinajstić information content (AvgIpc) is 2.59. The van der Waals surface area contributed by atoms with Crippen LogP contribution in [0, 0.1) is 0 Å². The molecule has 4 nitrogen and oxygen atoms in total. The van der Waals surface area contributed by atoms with Gasteiger partial charge in [0.1, 0.15) is 6.10 Å². The maximum absolute atomic E-state index is 9.89. The SMILES string of the molecule is OC[C@@]1(c2ccccc2)NC[C@@H](O)[C@@H]1O. The normalized spacial score (nSPS) is 35.7. The average molecular weight is 209 g/mol. The zero-order valence-electron chi connectivity index (χ0n) is 8.30. The molecule has 0 aliphatic carbocycles. The fraction of sp³-hybridized carbons (Fsp3) is 0.455. The molecule has 1 aromatic rings. The summed E-state index contributed by atoms with van der Waals surface area (Å²) >= 11 is 0. The van der Waals surface area contributed by atoms with Gasteiger partial charge in [-0.2, -0.15) is 0 Å². The quantitative estimate of drug-likeness (QED) is 0.514. The second-order valence-corrected chi connectivity index (χ2v) is 3.89. The van der Waals surface area contributed by atoms with E-state index in [0.717, 1.165) is 5.56 Å². The Hall–Kier alpha value is -0.940. The summed E-state index contributed by atoms with van der Waals surface area (Å²) in [6.45, 7) is 0.0475. The van der Waals surface area contributed by atoms with Gasteiger partial charge in [0.2, 0.25) is 0 Å². The summed E-state index contributed by atoms with van der Waals surface area (Å²) in [4.78, 5) is 0. The summed E-state index contributed by atoms with van der Waals surface area (Å²) in [5.74, 6) is 0. The zero-order valence-corrected chi connectivity index (χ0v) is 8.30. The molecule has 4 heteroatoms. The summed E-state index contributed by atoms with van der Waals surface area (Å²) in [6, 6.07) is 9.19. The van der Waals surface area contributed by atoms with Crippen molar-refractivity contribution in [2.75, 3.05) is 13.2 Å². The Morgan fingerprint density at radius 1 is 1.27 bits per heavy atom. The topological polar surface area (TPSA) is 72.7 Å². The lowest BCUT2D eigenvalue weighted by atomic mass is 9.86. The minimum Gasteiger partial charge on any atom is -0.394 e. The van der Waals surface area contributed by atoms with E-state index in [2.05, 4.69) is 5.32 Å². The van der Waals surface area contributed by atoms with E-state index >= 15 is 0 Å². The molecule has 0 amide bonds. The molecule has 15 heavy (non-hydrogen) atoms. The largest absolute Gasteiger partial charge is 0.394 e. The monoisotopic (exact) mass is 209 g/mol. The Labute approximate surface area is 88.2 Å². The zero-order chi connectivity index (χ0) is 10.9. The molecule has 1 aliphatic rings. The highest BCUT2D eigenvalue weighted by atomic mass is 16.3. The lowest BCUT2D eigenvalue weighted by molar-refractivity contribution is -0.0110. The molecule has 82 valence electrons. The Bertz CT molecular complexity index is 330. The molecule has 4 N–H and O–H groups in total. The summed E-state index contributed by atoms with van der Waals surface area (Å²) in [6.07, 6.45) is -1.82. The van der Waals surface area contributed by atoms with Crippen LogP contribution in [-0.4, -0.2) is 40.7 Å². The van der Waals surface area contributed by atoms with Crippen LogP contribution < -0.4 is 5.32 Å². The van der Waals surface area contributed by atoms with Crippen LogP contribution in [0.1, 0.15) is 5.56 Å². The van der Waals surface area contributed by atoms with Gasteiger partial charge in [-0.1, -0.05) is 30.3 Å². The summed E-state index contributed by atoms with van der Waals surface area (Å²) < 4.78 is 0. The number of aliphatic hydroxyl groups excluding tert-OH is 3. The van der Waals surface area contributed by atoms with Crippen LogP contribution in [0.5, 0.6) is 0 Å². The molecule has 1 aromatic carbocycles. The van der Waals surface area contributed by atoms with Gasteiger partial charge in [0.15, 0.2) is 0 Å². The van der Waals surface area contributed by atoms with E-state index in [4.69, 9.17) is 0 Å². The molecule has 3 atom stereocenters. The van der Waals surface area contributed by atoms with Crippen molar-refractivity contribution in [3.05, 3.63) is 35.9 Å². The molecule has 1 saturated heterocycles. The van der Waals surface area contributed by atoms with Crippen LogP contribution in [0.4, 0.5) is 0 Å². The number of benzene rings is 1. The Morgan fingerprint density at radius 3 is 2.40 bits per heavy atom. The first-order valence-electron chi connectivity index (χ1n) is 4.98. The molecule has 0 radical (unpaired) electrons. The Morgan fingerprint density at radius 2 is 1.93 bits per heavy atom. The van der Waals surface area contributed by atoms with Crippen molar-refractivity contribution >= 4 is 0 Å². The smallest absolute Gasteiger partial charge is 0.106 e. The number of rotatable bonds is 2. The summed E-state index contributed by atoms with van der Waals surface area (Å²) in [5.41, 5.74) is -0.141. The Kier molecular flexibility index (Phi) is 2.75. The van der Waals surface area contributed by atoms with E-state index in [-0.39, 0.29) is 13.2 Å². The molecular weight excluding hydrogens is 194 g/mol. The molecule has 0 unspecified atom stereocenters. The first kappa shape index (κ1) is 10.6. The highest BCUT2D eigenvalue weighted by Crippen LogP contribution is 2.30. The third kappa shape index (κ3) is 1.55. The third-order valence-corrected chi connectivity index (χ3v) is 3.03. The van der Waals surface area contributed by atoms with E-state index in [1.165, 1.54) is 0 Å². The molecule has 1 fully saturated rings. The van der Waals surface area contributed by atoms with Crippen molar-refractivity contribution in [1.29, 1.82) is 0 Å². The van der Waals surface area contributed by atoms with Crippen LogP contribution in [0.2, 0.25) is 0 Å². The number of aliphatic hydroxyl groups is 3. The van der Waals surface area contributed by atoms with Crippen molar-refractivity contribution < 1.29 is 15.3 Å². The van der Waals surface area contributed by atoms with Crippen molar-refractivity contribution in [2.45, 2.75) is 17.7 Å². The van der Waals surface area contributed by atoms with E-state index in [9.17, 15) is 15.3 Å². The molecule has 1 heterocycles. The van der Waals surface area contributed by atoms with Gasteiger partial charge in [0, 0.05) is 6.54 Å². The first-order valence-corrected chi connectivity index (χ1v) is 4.98. The maximum atomic E-state index is 9.89. The van der Waals surface area contributed by atoms with Gasteiger partial charge in [-0.25, -0.2) is 0 Å². The van der Waals surface area contributed by atoms with Crippen LogP contribution in [0.25, 0.3) is 0 Å². The molecule has 0 aromatic heterocycles. The predicted octanol–water partition coefficient (Wildman–Crippen LogP) is -0.801. The number of hydrogen-bond donors (Lipinski definition) is 4. The van der Waals surface area contributed by atoms with Crippen LogP contribution in [0.15, 0.2) is 30.3 Å². The van der Waals surface area contributed by atoms with E-state index in [0.29, 0.717) is 0 Å². The van der Waals surface area contributed by atoms with Gasteiger partial charge in [0.25, 0.3) is 0 Å². The molecule has 0 spiro atoms. The first-order chi connectivity index (χ1) is 7.20. The number of nitrogens with one attached hydrogen (secondary N) is 1. The maximum Gasteiger partial charge on any atom is 0.106 e. The molecule has 2 rings (SSSR count). The van der Waals surface area contributed by atoms with Crippen molar-refractivity contribution in [1.82, 2.24) is 5.32 Å². The van der Waals surface area contributed by atoms with Gasteiger partial charge in [-0.05, 0) is 5.56 Å². The molecular formula is C11H15NO3. The molecule has 0 bridgehead atoms. The standard InChI is InChI=1S/C11H15NO3/c13-7-11(8-4-2-1-3-5-8)10(15)9(14)6-12-11/h1-5,9-10,12-15H,6-7H2/t9-,10+,11+/m1/s1. The van der Waals surface area contributed by atoms with Gasteiger partial charge in [-0.3, -0.25) is 0 Å². The molecule has 1 aliphatic heterocycles. The summed E-state index contributed by atoms with van der Waals surface area (Å²) in [5, 5.41) is 31.8. The third-order valence-electron chi connectivity index (χ3n) is 3.03. The van der Waals surface area contributed by atoms with E-state index < -0.39 is 17.7 Å². The van der Waals surface area contributed by atoms with E-state index in [1.54, 1.807) is 0 Å². The van der Waals surface area contributed by atoms with E-state index in [1.807, 2.05) is 30.3 Å². The van der Waals surface area contributed by atoms with Gasteiger partial charge < -0.3 is 20.6 Å². The van der Waals surface area contributed by atoms with Gasteiger partial charge in [0.05, 0.1) is 18.2 Å². The fourth-order valence-electron chi connectivity index (χ4n) is 2.08. The lowest BCUT2D eigenvalue weighted by Gasteiger charge is -2.31. The minimum atomic E-state index is -0.982. The van der Waals surface area contributed by atoms with Crippen LogP contribution in [0.3, 0.4) is 0 Å². The second kappa shape index (κ2) is 3.90. The lowest BCUT2D eigenvalue weighted by Crippen LogP contribution is -2.49. The van der Waals surface area contributed by atoms with Crippen molar-refractivity contribution in [2.24, 2.45) is 0 Å². The minimum absolute atomic E-state index is 0.241. The van der Waals surface area contributed by atoms with Gasteiger partial charge >= 0.3 is 0 Å². The Balaban J connectivity index is 2.39. The number of hydrogen-bond acceptors (Lipinski definition) is 4. The number of β-amino-alcohol motifs (C(OH)–C–C–N with tert-alkyl or cyclic N) is 1. The van der Waals surface area contributed by atoms with Crippen molar-refractivity contribution in [3.63, 3.8) is 0 Å². The van der Waals surface area contributed by atoms with Gasteiger partial charge in [-0.15, -0.1) is 0 Å². The van der Waals surface area contributed by atoms with Crippen LogP contribution in [-0.2, 0) is 5.54 Å². The van der Waals surface area contributed by atoms with Crippen LogP contribution >= 0.6 is 0 Å². The highest BCUT2D eigenvalue weighted by molar-refractivity contribution is 5.29. The fourth-order valence-corrected chi connectivity index (χ4v) is 2.08. The highest BCUT2D eigenvalue weighted by Gasteiger charge is 2.47. The molecule has 0 saturated carbocycles. The second-order valence-electron chi connectivity index (χ2n) is 3.89. The van der Waals surface area contributed by atoms with Crippen molar-refractivity contribution in [3.8, 4) is 0 Å².